The smallest absolute Gasteiger partial charge is 0.226 e. The standard InChI is InChI=1S/C14H10Cl2N6/c1-7-9(6-21(2)19-7)12-18-13-8-4-3-5-10(15)11(8)17-14(16)22(13)20-12/h3-6H,1-2H3. The lowest BCUT2D eigenvalue weighted by Gasteiger charge is -2.02. The minimum Gasteiger partial charge on any atom is -0.275 e. The van der Waals surface area contributed by atoms with E-state index in [1.54, 1.807) is 10.7 Å². The van der Waals surface area contributed by atoms with Crippen LogP contribution in [-0.2, 0) is 7.05 Å². The van der Waals surface area contributed by atoms with E-state index in [9.17, 15) is 0 Å². The zero-order chi connectivity index (χ0) is 15.4. The summed E-state index contributed by atoms with van der Waals surface area (Å²) in [6.07, 6.45) is 1.88. The Balaban J connectivity index is 2.09. The fraction of sp³-hybridized carbons (Fsp3) is 0.143. The molecule has 0 saturated carbocycles. The van der Waals surface area contributed by atoms with Gasteiger partial charge in [-0.25, -0.2) is 9.97 Å². The third-order valence-electron chi connectivity index (χ3n) is 3.47. The van der Waals surface area contributed by atoms with Gasteiger partial charge in [0.05, 0.1) is 21.8 Å². The lowest BCUT2D eigenvalue weighted by molar-refractivity contribution is 0.756. The molecule has 0 aliphatic carbocycles. The third-order valence-corrected chi connectivity index (χ3v) is 4.02. The summed E-state index contributed by atoms with van der Waals surface area (Å²) in [6, 6.07) is 5.52. The zero-order valence-electron chi connectivity index (χ0n) is 11.7. The summed E-state index contributed by atoms with van der Waals surface area (Å²) in [4.78, 5) is 8.91. The van der Waals surface area contributed by atoms with Crippen LogP contribution in [0, 0.1) is 6.92 Å². The highest BCUT2D eigenvalue weighted by atomic mass is 35.5. The number of hydrogen-bond acceptors (Lipinski definition) is 4. The van der Waals surface area contributed by atoms with Gasteiger partial charge in [-0.05, 0) is 30.7 Å². The molecule has 3 heterocycles. The van der Waals surface area contributed by atoms with Crippen LogP contribution in [0.4, 0.5) is 0 Å². The minimum absolute atomic E-state index is 0.218. The van der Waals surface area contributed by atoms with Crippen LogP contribution in [-0.4, -0.2) is 29.4 Å². The molecule has 4 aromatic rings. The summed E-state index contributed by atoms with van der Waals surface area (Å²) >= 11 is 12.4. The predicted molar refractivity (Wildman–Crippen MR) is 85.2 cm³/mol. The topological polar surface area (TPSA) is 60.9 Å². The van der Waals surface area contributed by atoms with Gasteiger partial charge in [0.1, 0.15) is 0 Å². The van der Waals surface area contributed by atoms with Gasteiger partial charge in [-0.15, -0.1) is 5.10 Å². The second-order valence-electron chi connectivity index (χ2n) is 4.99. The summed E-state index contributed by atoms with van der Waals surface area (Å²) in [5.41, 5.74) is 2.95. The zero-order valence-corrected chi connectivity index (χ0v) is 13.3. The fourth-order valence-corrected chi connectivity index (χ4v) is 2.92. The first kappa shape index (κ1) is 13.5. The van der Waals surface area contributed by atoms with Crippen molar-refractivity contribution in [1.82, 2.24) is 29.4 Å². The van der Waals surface area contributed by atoms with Gasteiger partial charge in [0.15, 0.2) is 11.5 Å². The number of aryl methyl sites for hydroxylation is 2. The van der Waals surface area contributed by atoms with E-state index in [0.29, 0.717) is 22.0 Å². The van der Waals surface area contributed by atoms with Gasteiger partial charge in [0, 0.05) is 18.6 Å². The van der Waals surface area contributed by atoms with Crippen LogP contribution in [0.15, 0.2) is 24.4 Å². The first-order valence-corrected chi connectivity index (χ1v) is 7.31. The normalized spacial score (nSPS) is 11.6. The molecule has 110 valence electrons. The first-order chi connectivity index (χ1) is 10.5. The van der Waals surface area contributed by atoms with E-state index in [2.05, 4.69) is 20.2 Å². The molecule has 0 aliphatic heterocycles. The molecule has 0 radical (unpaired) electrons. The average Bonchev–Trinajstić information content (AvgIpc) is 3.04. The first-order valence-electron chi connectivity index (χ1n) is 6.55. The second kappa shape index (κ2) is 4.66. The van der Waals surface area contributed by atoms with E-state index in [0.717, 1.165) is 16.6 Å². The van der Waals surface area contributed by atoms with Gasteiger partial charge < -0.3 is 0 Å². The molecule has 22 heavy (non-hydrogen) atoms. The molecule has 0 amide bonds. The van der Waals surface area contributed by atoms with Crippen LogP contribution >= 0.6 is 23.2 Å². The van der Waals surface area contributed by atoms with Crippen LogP contribution in [0.2, 0.25) is 10.3 Å². The number of para-hydroxylation sites is 1. The number of rotatable bonds is 1. The predicted octanol–water partition coefficient (Wildman–Crippen LogP) is 3.29. The van der Waals surface area contributed by atoms with Gasteiger partial charge in [-0.3, -0.25) is 4.68 Å². The maximum Gasteiger partial charge on any atom is 0.226 e. The van der Waals surface area contributed by atoms with Crippen LogP contribution in [0.3, 0.4) is 0 Å². The molecule has 0 unspecified atom stereocenters. The number of halogens is 2. The molecule has 0 fully saturated rings. The summed E-state index contributed by atoms with van der Waals surface area (Å²) < 4.78 is 3.24. The van der Waals surface area contributed by atoms with Crippen molar-refractivity contribution < 1.29 is 0 Å². The minimum atomic E-state index is 0.218. The number of hydrogen-bond donors (Lipinski definition) is 0. The Bertz CT molecular complexity index is 1030. The Morgan fingerprint density at radius 3 is 2.64 bits per heavy atom. The SMILES string of the molecule is Cc1nn(C)cc1-c1nc2c3cccc(Cl)c3nc(Cl)n2n1. The lowest BCUT2D eigenvalue weighted by Crippen LogP contribution is -1.95. The number of aromatic nitrogens is 6. The Kier molecular flexibility index (Phi) is 2.85. The van der Waals surface area contributed by atoms with E-state index in [1.807, 2.05) is 32.3 Å². The van der Waals surface area contributed by atoms with E-state index < -0.39 is 0 Å². The molecule has 0 aliphatic rings. The number of nitrogens with zero attached hydrogens (tertiary/aromatic N) is 6. The van der Waals surface area contributed by atoms with Crippen LogP contribution < -0.4 is 0 Å². The molecular formula is C14H10Cl2N6. The Hall–Kier alpha value is -2.18. The quantitative estimate of drug-likeness (QED) is 0.502. The summed E-state index contributed by atoms with van der Waals surface area (Å²) in [7, 11) is 1.86. The molecule has 0 saturated heterocycles. The Morgan fingerprint density at radius 2 is 1.91 bits per heavy atom. The second-order valence-corrected chi connectivity index (χ2v) is 5.73. The van der Waals surface area contributed by atoms with Gasteiger partial charge in [0.25, 0.3) is 0 Å². The molecule has 4 rings (SSSR count). The highest BCUT2D eigenvalue weighted by molar-refractivity contribution is 6.36. The largest absolute Gasteiger partial charge is 0.275 e. The van der Waals surface area contributed by atoms with Crippen molar-refractivity contribution in [2.45, 2.75) is 6.92 Å². The maximum absolute atomic E-state index is 6.22. The lowest BCUT2D eigenvalue weighted by atomic mass is 10.2. The van der Waals surface area contributed by atoms with Crippen molar-refractivity contribution in [2.24, 2.45) is 7.05 Å². The molecule has 0 atom stereocenters. The van der Waals surface area contributed by atoms with Crippen molar-refractivity contribution >= 4 is 39.8 Å². The monoisotopic (exact) mass is 332 g/mol. The highest BCUT2D eigenvalue weighted by Gasteiger charge is 2.17. The Morgan fingerprint density at radius 1 is 1.09 bits per heavy atom. The molecule has 3 aromatic heterocycles. The summed E-state index contributed by atoms with van der Waals surface area (Å²) in [6.45, 7) is 1.91. The molecule has 0 bridgehead atoms. The van der Waals surface area contributed by atoms with E-state index in [4.69, 9.17) is 23.2 Å². The van der Waals surface area contributed by atoms with E-state index >= 15 is 0 Å². The van der Waals surface area contributed by atoms with Crippen molar-refractivity contribution in [2.75, 3.05) is 0 Å². The van der Waals surface area contributed by atoms with Crippen molar-refractivity contribution in [1.29, 1.82) is 0 Å². The average molecular weight is 333 g/mol. The van der Waals surface area contributed by atoms with Crippen LogP contribution in [0.25, 0.3) is 27.9 Å². The fourth-order valence-electron chi connectivity index (χ4n) is 2.50. The molecule has 8 heteroatoms. The van der Waals surface area contributed by atoms with Gasteiger partial charge in [0.2, 0.25) is 5.28 Å². The molecule has 6 nitrogen and oxygen atoms in total. The number of benzene rings is 1. The van der Waals surface area contributed by atoms with Crippen molar-refractivity contribution in [3.05, 3.63) is 40.4 Å². The van der Waals surface area contributed by atoms with E-state index in [1.165, 1.54) is 4.52 Å². The molecule has 1 aromatic carbocycles. The summed E-state index contributed by atoms with van der Waals surface area (Å²) in [5, 5.41) is 10.3. The number of fused-ring (bicyclic) bond motifs is 3. The molecule has 0 spiro atoms. The van der Waals surface area contributed by atoms with E-state index in [-0.39, 0.29) is 5.28 Å². The highest BCUT2D eigenvalue weighted by Crippen LogP contribution is 2.28. The Labute approximate surface area is 135 Å². The van der Waals surface area contributed by atoms with Crippen molar-refractivity contribution in [3.8, 4) is 11.4 Å². The van der Waals surface area contributed by atoms with Gasteiger partial charge in [-0.2, -0.15) is 9.61 Å². The van der Waals surface area contributed by atoms with Gasteiger partial charge in [-0.1, -0.05) is 17.7 Å². The molecule has 0 N–H and O–H groups in total. The summed E-state index contributed by atoms with van der Waals surface area (Å²) in [5.74, 6) is 0.557. The maximum atomic E-state index is 6.22. The molecular weight excluding hydrogens is 323 g/mol. The third kappa shape index (κ3) is 1.88. The van der Waals surface area contributed by atoms with Crippen LogP contribution in [0.1, 0.15) is 5.69 Å². The van der Waals surface area contributed by atoms with Gasteiger partial charge >= 0.3 is 0 Å². The van der Waals surface area contributed by atoms with Crippen LogP contribution in [0.5, 0.6) is 0 Å². The van der Waals surface area contributed by atoms with Crippen molar-refractivity contribution in [3.63, 3.8) is 0 Å².